The summed E-state index contributed by atoms with van der Waals surface area (Å²) in [5.74, 6) is 1.39. The van der Waals surface area contributed by atoms with Crippen molar-refractivity contribution >= 4 is 34.8 Å². The number of anilines is 1. The normalized spacial score (nSPS) is 19.0. The number of fused-ring (bicyclic) bond motifs is 3. The van der Waals surface area contributed by atoms with Crippen molar-refractivity contribution in [2.24, 2.45) is 0 Å². The molecule has 1 N–H and O–H groups in total. The van der Waals surface area contributed by atoms with E-state index in [2.05, 4.69) is 20.4 Å². The summed E-state index contributed by atoms with van der Waals surface area (Å²) >= 11 is 12.5. The molecule has 4 heterocycles. The quantitative estimate of drug-likeness (QED) is 0.436. The Morgan fingerprint density at radius 2 is 1.81 bits per heavy atom. The minimum atomic E-state index is -0.365. The molecule has 2 aliphatic heterocycles. The molecule has 2 aliphatic rings. The third kappa shape index (κ3) is 2.99. The highest BCUT2D eigenvalue weighted by molar-refractivity contribution is 6.31. The van der Waals surface area contributed by atoms with Crippen LogP contribution in [0, 0.1) is 0 Å². The summed E-state index contributed by atoms with van der Waals surface area (Å²) in [4.78, 5) is 8.76. The molecule has 8 heteroatoms. The van der Waals surface area contributed by atoms with Gasteiger partial charge in [-0.2, -0.15) is 10.1 Å². The van der Waals surface area contributed by atoms with E-state index in [0.717, 1.165) is 33.7 Å². The third-order valence-corrected chi connectivity index (χ3v) is 6.04. The van der Waals surface area contributed by atoms with Crippen molar-refractivity contribution in [2.75, 3.05) is 5.32 Å². The molecule has 6 rings (SSSR count). The highest BCUT2D eigenvalue weighted by Crippen LogP contribution is 2.50. The van der Waals surface area contributed by atoms with Crippen LogP contribution in [0.1, 0.15) is 28.8 Å². The third-order valence-electron chi connectivity index (χ3n) is 5.55. The maximum atomic E-state index is 6.54. The summed E-state index contributed by atoms with van der Waals surface area (Å²) in [6.07, 6.45) is 4.78. The topological polar surface area (TPSA) is 64.9 Å². The zero-order valence-corrected chi connectivity index (χ0v) is 17.5. The van der Waals surface area contributed by atoms with Crippen molar-refractivity contribution < 1.29 is 4.74 Å². The van der Waals surface area contributed by atoms with Crippen molar-refractivity contribution in [1.29, 1.82) is 0 Å². The second-order valence-electron chi connectivity index (χ2n) is 7.36. The summed E-state index contributed by atoms with van der Waals surface area (Å²) < 4.78 is 8.40. The van der Waals surface area contributed by atoms with E-state index in [1.54, 1.807) is 12.5 Å². The Labute approximate surface area is 188 Å². The van der Waals surface area contributed by atoms with Crippen LogP contribution in [0.3, 0.4) is 0 Å². The lowest BCUT2D eigenvalue weighted by Crippen LogP contribution is -2.32. The Kier molecular flexibility index (Phi) is 4.23. The summed E-state index contributed by atoms with van der Waals surface area (Å²) in [6, 6.07) is 17.0. The van der Waals surface area contributed by atoms with Gasteiger partial charge < -0.3 is 10.1 Å². The number of nitrogens with zero attached hydrogens (tertiary/aromatic N) is 4. The number of benzene rings is 2. The fourth-order valence-electron chi connectivity index (χ4n) is 4.21. The number of pyridine rings is 1. The van der Waals surface area contributed by atoms with Crippen molar-refractivity contribution in [3.63, 3.8) is 0 Å². The molecule has 4 aromatic rings. The van der Waals surface area contributed by atoms with Crippen LogP contribution in [-0.4, -0.2) is 19.7 Å². The molecule has 0 amide bonds. The summed E-state index contributed by atoms with van der Waals surface area (Å²) in [5.41, 5.74) is 4.77. The Morgan fingerprint density at radius 3 is 2.61 bits per heavy atom. The molecule has 2 unspecified atom stereocenters. The maximum Gasteiger partial charge on any atom is 0.226 e. The van der Waals surface area contributed by atoms with Gasteiger partial charge in [-0.3, -0.25) is 4.98 Å². The first-order chi connectivity index (χ1) is 15.2. The van der Waals surface area contributed by atoms with E-state index in [0.29, 0.717) is 16.0 Å². The van der Waals surface area contributed by atoms with Crippen molar-refractivity contribution in [2.45, 2.75) is 12.1 Å². The molecule has 2 atom stereocenters. The van der Waals surface area contributed by atoms with Crippen molar-refractivity contribution in [3.8, 4) is 5.75 Å². The van der Waals surface area contributed by atoms with Crippen LogP contribution >= 0.6 is 23.2 Å². The number of hydrogen-bond acceptors (Lipinski definition) is 5. The van der Waals surface area contributed by atoms with Crippen molar-refractivity contribution in [3.05, 3.63) is 106 Å². The van der Waals surface area contributed by atoms with Gasteiger partial charge in [-0.05, 0) is 47.5 Å². The number of aromatic nitrogens is 4. The van der Waals surface area contributed by atoms with Gasteiger partial charge in [0.15, 0.2) is 0 Å². The molecule has 2 aromatic heterocycles. The maximum absolute atomic E-state index is 6.54. The van der Waals surface area contributed by atoms with Gasteiger partial charge in [0.2, 0.25) is 5.95 Å². The second kappa shape index (κ2) is 7.11. The van der Waals surface area contributed by atoms with Crippen LogP contribution in [-0.2, 0) is 0 Å². The molecule has 31 heavy (non-hydrogen) atoms. The average Bonchev–Trinajstić information content (AvgIpc) is 3.27. The smallest absolute Gasteiger partial charge is 0.226 e. The van der Waals surface area contributed by atoms with Crippen LogP contribution in [0.4, 0.5) is 5.95 Å². The molecule has 152 valence electrons. The van der Waals surface area contributed by atoms with Gasteiger partial charge >= 0.3 is 0 Å². The number of nitrogens with one attached hydrogen (secondary N) is 1. The van der Waals surface area contributed by atoms with E-state index < -0.39 is 0 Å². The number of hydrogen-bond donors (Lipinski definition) is 1. The van der Waals surface area contributed by atoms with E-state index in [9.17, 15) is 0 Å². The van der Waals surface area contributed by atoms with E-state index in [1.165, 1.54) is 0 Å². The molecular weight excluding hydrogens is 433 g/mol. The number of ether oxygens (including phenoxy) is 1. The van der Waals surface area contributed by atoms with E-state index in [1.807, 2.05) is 65.5 Å². The average molecular weight is 448 g/mol. The van der Waals surface area contributed by atoms with Crippen LogP contribution in [0.5, 0.6) is 5.75 Å². The first kappa shape index (κ1) is 18.4. The predicted octanol–water partition coefficient (Wildman–Crippen LogP) is 5.54. The highest BCUT2D eigenvalue weighted by atomic mass is 35.5. The summed E-state index contributed by atoms with van der Waals surface area (Å²) in [6.45, 7) is 0. The minimum absolute atomic E-state index is 0.254. The number of rotatable bonds is 2. The van der Waals surface area contributed by atoms with Gasteiger partial charge in [-0.25, -0.2) is 4.68 Å². The molecular formula is C23H15Cl2N5O. The molecule has 0 saturated heterocycles. The predicted molar refractivity (Wildman–Crippen MR) is 119 cm³/mol. The molecule has 0 aliphatic carbocycles. The molecule has 6 nitrogen and oxygen atoms in total. The monoisotopic (exact) mass is 447 g/mol. The zero-order valence-electron chi connectivity index (χ0n) is 16.0. The molecule has 2 aromatic carbocycles. The molecule has 0 spiro atoms. The first-order valence-electron chi connectivity index (χ1n) is 9.71. The standard InChI is InChI=1S/C23H15Cl2N5O/c24-15-5-3-13(4-6-15)22-19-20(17-10-16(25)7-8-18(17)31-22)29-23-27-12-28-30(23)21(19)14-2-1-9-26-11-14/h1-12,21-22H,(H,27,28,29). The Hall–Kier alpha value is -3.35. The lowest BCUT2D eigenvalue weighted by atomic mass is 9.85. The van der Waals surface area contributed by atoms with Gasteiger partial charge in [-0.15, -0.1) is 0 Å². The largest absolute Gasteiger partial charge is 0.480 e. The SMILES string of the molecule is Clc1ccc(C2Oc3ccc(Cl)cc3C3=C2C(c2cccnc2)n2ncnc2N3)cc1. The van der Waals surface area contributed by atoms with Crippen molar-refractivity contribution in [1.82, 2.24) is 19.7 Å². The lowest BCUT2D eigenvalue weighted by Gasteiger charge is -2.38. The Bertz CT molecular complexity index is 1320. The first-order valence-corrected chi connectivity index (χ1v) is 10.5. The van der Waals surface area contributed by atoms with Crippen LogP contribution < -0.4 is 10.1 Å². The second-order valence-corrected chi connectivity index (χ2v) is 8.24. The molecule has 0 fully saturated rings. The van der Waals surface area contributed by atoms with E-state index in [-0.39, 0.29) is 12.1 Å². The molecule has 0 saturated carbocycles. The van der Waals surface area contributed by atoms with Crippen LogP contribution in [0.15, 0.2) is 78.9 Å². The van der Waals surface area contributed by atoms with Gasteiger partial charge in [-0.1, -0.05) is 41.4 Å². The minimum Gasteiger partial charge on any atom is -0.480 e. The van der Waals surface area contributed by atoms with Crippen LogP contribution in [0.25, 0.3) is 5.70 Å². The van der Waals surface area contributed by atoms with Gasteiger partial charge in [0.05, 0.1) is 5.70 Å². The summed E-state index contributed by atoms with van der Waals surface area (Å²) in [7, 11) is 0. The van der Waals surface area contributed by atoms with E-state index in [4.69, 9.17) is 27.9 Å². The Morgan fingerprint density at radius 1 is 0.968 bits per heavy atom. The fourth-order valence-corrected chi connectivity index (χ4v) is 4.51. The lowest BCUT2D eigenvalue weighted by molar-refractivity contribution is 0.223. The van der Waals surface area contributed by atoms with E-state index >= 15 is 0 Å². The van der Waals surface area contributed by atoms with Gasteiger partial charge in [0, 0.05) is 33.6 Å². The summed E-state index contributed by atoms with van der Waals surface area (Å²) in [5, 5.41) is 9.26. The highest BCUT2D eigenvalue weighted by Gasteiger charge is 2.41. The molecule has 0 radical (unpaired) electrons. The van der Waals surface area contributed by atoms with Crippen LogP contribution in [0.2, 0.25) is 10.0 Å². The van der Waals surface area contributed by atoms with Gasteiger partial charge in [0.1, 0.15) is 24.2 Å². The number of halogens is 2. The van der Waals surface area contributed by atoms with Gasteiger partial charge in [0.25, 0.3) is 0 Å². The zero-order chi connectivity index (χ0) is 20.9. The molecule has 0 bridgehead atoms. The fraction of sp³-hybridized carbons (Fsp3) is 0.0870. The Balaban J connectivity index is 1.64.